The molecule has 0 aliphatic carbocycles. The number of nitrogens with zero attached hydrogens (tertiary/aromatic N) is 2. The van der Waals surface area contributed by atoms with Gasteiger partial charge >= 0.3 is 7.48 Å². The van der Waals surface area contributed by atoms with Crippen LogP contribution >= 0.6 is 46.4 Å². The third-order valence-corrected chi connectivity index (χ3v) is 8.16. The molecule has 1 heterocycles. The zero-order valence-electron chi connectivity index (χ0n) is 22.0. The number of aromatic nitrogens is 2. The molecule has 4 rings (SSSR count). The summed E-state index contributed by atoms with van der Waals surface area (Å²) in [7, 11) is 0.0182. The molecule has 0 spiro atoms. The number of hydrogen-bond acceptors (Lipinski definition) is 4. The van der Waals surface area contributed by atoms with Gasteiger partial charge in [0.15, 0.2) is 5.82 Å². The van der Waals surface area contributed by atoms with Crippen LogP contribution < -0.4 is 15.2 Å². The minimum Gasteiger partial charge on any atom is -0.869 e. The predicted molar refractivity (Wildman–Crippen MR) is 159 cm³/mol. The Kier molecular flexibility index (Phi) is 8.25. The van der Waals surface area contributed by atoms with E-state index in [-0.39, 0.29) is 38.7 Å². The van der Waals surface area contributed by atoms with E-state index >= 15 is 0 Å². The van der Waals surface area contributed by atoms with E-state index in [2.05, 4.69) is 59.7 Å². The molecule has 0 radical (unpaired) electrons. The van der Waals surface area contributed by atoms with E-state index in [1.807, 2.05) is 24.5 Å². The summed E-state index contributed by atoms with van der Waals surface area (Å²) in [5.74, 6) is -0.233. The van der Waals surface area contributed by atoms with E-state index in [0.717, 1.165) is 27.7 Å². The lowest BCUT2D eigenvalue weighted by Crippen LogP contribution is -2.25. The average Bonchev–Trinajstić information content (AvgIpc) is 2.85. The van der Waals surface area contributed by atoms with Crippen molar-refractivity contribution in [3.8, 4) is 34.0 Å². The Morgan fingerprint density at radius 3 is 1.97 bits per heavy atom. The number of benzene rings is 3. The summed E-state index contributed by atoms with van der Waals surface area (Å²) in [4.78, 5) is 9.46. The fraction of sp³-hybridized carbons (Fsp3) is 0.241. The highest BCUT2D eigenvalue weighted by molar-refractivity contribution is 6.54. The smallest absolute Gasteiger partial charge is 0.374 e. The molecule has 0 aliphatic heterocycles. The van der Waals surface area contributed by atoms with Crippen molar-refractivity contribution in [2.75, 3.05) is 0 Å². The minimum absolute atomic E-state index is 0.0182. The Balaban J connectivity index is 1.75. The molecule has 0 amide bonds. The topological polar surface area (TPSA) is 58.1 Å². The maximum Gasteiger partial charge on any atom is 0.374 e. The van der Waals surface area contributed by atoms with Crippen LogP contribution in [0.4, 0.5) is 0 Å². The molecule has 0 bridgehead atoms. The van der Waals surface area contributed by atoms with E-state index in [1.54, 1.807) is 0 Å². The predicted octanol–water partition coefficient (Wildman–Crippen LogP) is 7.78. The monoisotopic (exact) mass is 585 g/mol. The first kappa shape index (κ1) is 28.6. The Bertz CT molecular complexity index is 1480. The molecule has 0 aliphatic rings. The maximum atomic E-state index is 12.7. The van der Waals surface area contributed by atoms with E-state index in [4.69, 9.17) is 61.0 Å². The SMILES string of the molecule is Cc1cc(C)c(-c2cnc(-c3cc(C(C)(C)C)ccc3BOc3c([O-])c(Cl)c(Cl)c(Cl)c3Cl)nc2)c(C)c1. The molecule has 4 nitrogen and oxygen atoms in total. The maximum absolute atomic E-state index is 12.7. The highest BCUT2D eigenvalue weighted by Crippen LogP contribution is 2.48. The summed E-state index contributed by atoms with van der Waals surface area (Å²) in [6, 6.07) is 10.3. The number of rotatable bonds is 5. The fourth-order valence-corrected chi connectivity index (χ4v) is 5.35. The second-order valence-corrected chi connectivity index (χ2v) is 11.9. The van der Waals surface area contributed by atoms with Crippen LogP contribution in [0, 0.1) is 20.8 Å². The lowest BCUT2D eigenvalue weighted by atomic mass is 9.78. The van der Waals surface area contributed by atoms with E-state index < -0.39 is 5.75 Å². The molecule has 0 N–H and O–H groups in total. The zero-order valence-corrected chi connectivity index (χ0v) is 25.0. The molecule has 9 heteroatoms. The Morgan fingerprint density at radius 2 is 1.39 bits per heavy atom. The van der Waals surface area contributed by atoms with Gasteiger partial charge in [-0.3, -0.25) is 0 Å². The molecule has 0 fully saturated rings. The van der Waals surface area contributed by atoms with E-state index in [1.165, 1.54) is 16.7 Å². The van der Waals surface area contributed by atoms with Crippen LogP contribution in [0.25, 0.3) is 22.5 Å². The van der Waals surface area contributed by atoms with Crippen molar-refractivity contribution in [1.29, 1.82) is 0 Å². The van der Waals surface area contributed by atoms with Crippen LogP contribution in [0.2, 0.25) is 20.1 Å². The first-order chi connectivity index (χ1) is 17.8. The number of hydrogen-bond donors (Lipinski definition) is 0. The molecule has 0 saturated heterocycles. The summed E-state index contributed by atoms with van der Waals surface area (Å²) >= 11 is 24.5. The third-order valence-electron chi connectivity index (χ3n) is 6.39. The van der Waals surface area contributed by atoms with Gasteiger partial charge in [-0.15, -0.1) is 0 Å². The fourth-order valence-electron chi connectivity index (χ4n) is 4.48. The van der Waals surface area contributed by atoms with E-state index in [9.17, 15) is 5.11 Å². The van der Waals surface area contributed by atoms with Crippen molar-refractivity contribution in [2.24, 2.45) is 0 Å². The summed E-state index contributed by atoms with van der Waals surface area (Å²) in [5, 5.41) is 12.2. The van der Waals surface area contributed by atoms with Crippen LogP contribution in [0.1, 0.15) is 43.0 Å². The third kappa shape index (κ3) is 5.62. The molecule has 1 aromatic heterocycles. The normalized spacial score (nSPS) is 11.5. The van der Waals surface area contributed by atoms with Crippen LogP contribution in [-0.4, -0.2) is 17.5 Å². The van der Waals surface area contributed by atoms with Gasteiger partial charge in [-0.1, -0.05) is 97.0 Å². The summed E-state index contributed by atoms with van der Waals surface area (Å²) < 4.78 is 5.87. The lowest BCUT2D eigenvalue weighted by Gasteiger charge is -2.23. The van der Waals surface area contributed by atoms with Crippen LogP contribution in [0.3, 0.4) is 0 Å². The van der Waals surface area contributed by atoms with Gasteiger partial charge in [0.05, 0.1) is 15.1 Å². The van der Waals surface area contributed by atoms with Gasteiger partial charge in [0, 0.05) is 23.5 Å². The number of aryl methyl sites for hydroxylation is 3. The van der Waals surface area contributed by atoms with Crippen molar-refractivity contribution in [2.45, 2.75) is 47.0 Å². The molecule has 0 unspecified atom stereocenters. The van der Waals surface area contributed by atoms with Crippen LogP contribution in [0.15, 0.2) is 42.7 Å². The van der Waals surface area contributed by atoms with Crippen molar-refractivity contribution in [3.63, 3.8) is 0 Å². The number of halogens is 4. The van der Waals surface area contributed by atoms with Gasteiger partial charge < -0.3 is 9.76 Å². The average molecular weight is 587 g/mol. The molecule has 0 atom stereocenters. The van der Waals surface area contributed by atoms with Gasteiger partial charge in [0.1, 0.15) is 10.8 Å². The molecule has 196 valence electrons. The van der Waals surface area contributed by atoms with Crippen LogP contribution in [0.5, 0.6) is 11.5 Å². The first-order valence-electron chi connectivity index (χ1n) is 12.0. The molecule has 38 heavy (non-hydrogen) atoms. The van der Waals surface area contributed by atoms with Gasteiger partial charge in [-0.25, -0.2) is 9.97 Å². The second kappa shape index (κ2) is 11.0. The highest BCUT2D eigenvalue weighted by Gasteiger charge is 2.21. The van der Waals surface area contributed by atoms with Gasteiger partial charge in [0.25, 0.3) is 0 Å². The van der Waals surface area contributed by atoms with Gasteiger partial charge in [-0.05, 0) is 65.7 Å². The van der Waals surface area contributed by atoms with Gasteiger partial charge in [0.2, 0.25) is 0 Å². The molecule has 0 saturated carbocycles. The summed E-state index contributed by atoms with van der Waals surface area (Å²) in [5.41, 5.74) is 8.20. The largest absolute Gasteiger partial charge is 0.869 e. The Hall–Kier alpha value is -2.44. The van der Waals surface area contributed by atoms with Gasteiger partial charge in [-0.2, -0.15) is 0 Å². The standard InChI is InChI=1S/C29H27BCl4N2O2/c1-14-9-15(2)21(16(3)10-14)17-12-35-28(36-13-17)19-11-18(29(4,5)6)7-8-20(19)30-38-27-25(34)23(32)22(31)24(33)26(27)37/h7-13,30,37H,1-6H3/p-1. The van der Waals surface area contributed by atoms with Crippen molar-refractivity contribution >= 4 is 59.3 Å². The molecular weight excluding hydrogens is 561 g/mol. The molecular formula is C29H26BCl4N2O2-. The first-order valence-corrected chi connectivity index (χ1v) is 13.5. The molecule has 4 aromatic rings. The highest BCUT2D eigenvalue weighted by atomic mass is 35.5. The molecule has 3 aromatic carbocycles. The lowest BCUT2D eigenvalue weighted by molar-refractivity contribution is -0.269. The van der Waals surface area contributed by atoms with Crippen molar-refractivity contribution < 1.29 is 9.76 Å². The Labute approximate surface area is 244 Å². The minimum atomic E-state index is -0.622. The summed E-state index contributed by atoms with van der Waals surface area (Å²) in [6.45, 7) is 12.7. The van der Waals surface area contributed by atoms with E-state index in [0.29, 0.717) is 5.82 Å². The van der Waals surface area contributed by atoms with Crippen LogP contribution in [-0.2, 0) is 5.41 Å². The van der Waals surface area contributed by atoms with Crippen molar-refractivity contribution in [1.82, 2.24) is 9.97 Å². The zero-order chi connectivity index (χ0) is 27.9. The Morgan fingerprint density at radius 1 is 0.816 bits per heavy atom. The summed E-state index contributed by atoms with van der Waals surface area (Å²) in [6.07, 6.45) is 3.68. The second-order valence-electron chi connectivity index (χ2n) is 10.4. The van der Waals surface area contributed by atoms with Crippen molar-refractivity contribution in [3.05, 3.63) is 85.1 Å². The quantitative estimate of drug-likeness (QED) is 0.136.